The summed E-state index contributed by atoms with van der Waals surface area (Å²) in [6, 6.07) is 7.00. The first-order chi connectivity index (χ1) is 5.94. The van der Waals surface area contributed by atoms with Gasteiger partial charge in [0, 0.05) is 0 Å². The zero-order chi connectivity index (χ0) is 10.1. The molecule has 0 atom stereocenters. The van der Waals surface area contributed by atoms with Gasteiger partial charge in [0.2, 0.25) is 0 Å². The van der Waals surface area contributed by atoms with Crippen LogP contribution in [0.2, 0.25) is 0 Å². The van der Waals surface area contributed by atoms with Crippen molar-refractivity contribution in [3.8, 4) is 0 Å². The predicted molar refractivity (Wildman–Crippen MR) is 53.5 cm³/mol. The van der Waals surface area contributed by atoms with E-state index in [0.29, 0.717) is 4.90 Å². The molecule has 1 aromatic rings. The predicted octanol–water partition coefficient (Wildman–Crippen LogP) is 2.18. The van der Waals surface area contributed by atoms with Gasteiger partial charge in [-0.05, 0) is 38.5 Å². The van der Waals surface area contributed by atoms with Crippen LogP contribution in [0.1, 0.15) is 19.4 Å². The van der Waals surface area contributed by atoms with Crippen molar-refractivity contribution in [3.05, 3.63) is 29.8 Å². The van der Waals surface area contributed by atoms with Crippen molar-refractivity contribution in [2.45, 2.75) is 30.9 Å². The number of hydrogen-bond donors (Lipinski definition) is 0. The molecule has 0 aromatic heterocycles. The summed E-state index contributed by atoms with van der Waals surface area (Å²) in [4.78, 5) is 0.419. The van der Waals surface area contributed by atoms with Crippen LogP contribution in [0, 0.1) is 6.92 Å². The highest BCUT2D eigenvalue weighted by molar-refractivity contribution is 7.92. The molecule has 0 aliphatic carbocycles. The highest BCUT2D eigenvalue weighted by Crippen LogP contribution is 2.16. The molecule has 2 nitrogen and oxygen atoms in total. The average Bonchev–Trinajstić information content (AvgIpc) is 2.04. The van der Waals surface area contributed by atoms with E-state index in [1.807, 2.05) is 13.0 Å². The molecule has 1 aromatic carbocycles. The molecular formula is C10H14O2S. The van der Waals surface area contributed by atoms with Crippen LogP contribution in [-0.4, -0.2) is 13.7 Å². The van der Waals surface area contributed by atoms with Gasteiger partial charge in [-0.15, -0.1) is 0 Å². The van der Waals surface area contributed by atoms with Gasteiger partial charge in [-0.2, -0.15) is 0 Å². The number of sulfone groups is 1. The molecule has 0 aliphatic rings. The van der Waals surface area contributed by atoms with E-state index in [4.69, 9.17) is 0 Å². The minimum absolute atomic E-state index is 0.353. The van der Waals surface area contributed by atoms with Crippen molar-refractivity contribution >= 4 is 9.84 Å². The van der Waals surface area contributed by atoms with E-state index in [2.05, 4.69) is 0 Å². The summed E-state index contributed by atoms with van der Waals surface area (Å²) < 4.78 is 23.4. The average molecular weight is 198 g/mol. The van der Waals surface area contributed by atoms with Gasteiger partial charge in [0.1, 0.15) is 0 Å². The van der Waals surface area contributed by atoms with Crippen LogP contribution in [0.5, 0.6) is 0 Å². The lowest BCUT2D eigenvalue weighted by Gasteiger charge is -2.07. The third-order valence-corrected chi connectivity index (χ3v) is 4.09. The Morgan fingerprint density at radius 2 is 1.85 bits per heavy atom. The molecule has 0 N–H and O–H groups in total. The minimum atomic E-state index is -3.10. The van der Waals surface area contributed by atoms with E-state index in [1.54, 1.807) is 32.0 Å². The second kappa shape index (κ2) is 3.50. The van der Waals surface area contributed by atoms with Crippen LogP contribution >= 0.6 is 0 Å². The summed E-state index contributed by atoms with van der Waals surface area (Å²) >= 11 is 0. The summed E-state index contributed by atoms with van der Waals surface area (Å²) in [5, 5.41) is -0.353. The van der Waals surface area contributed by atoms with Crippen molar-refractivity contribution in [2.75, 3.05) is 0 Å². The third-order valence-electron chi connectivity index (χ3n) is 1.94. The Balaban J connectivity index is 3.24. The van der Waals surface area contributed by atoms with Crippen LogP contribution < -0.4 is 0 Å². The van der Waals surface area contributed by atoms with Crippen LogP contribution in [0.15, 0.2) is 29.2 Å². The molecule has 0 spiro atoms. The topological polar surface area (TPSA) is 34.1 Å². The molecule has 0 bridgehead atoms. The Morgan fingerprint density at radius 3 is 2.31 bits per heavy atom. The fourth-order valence-electron chi connectivity index (χ4n) is 1.06. The van der Waals surface area contributed by atoms with Crippen LogP contribution in [0.25, 0.3) is 0 Å². The first-order valence-electron chi connectivity index (χ1n) is 4.25. The van der Waals surface area contributed by atoms with E-state index >= 15 is 0 Å². The lowest BCUT2D eigenvalue weighted by molar-refractivity contribution is 0.587. The van der Waals surface area contributed by atoms with Gasteiger partial charge in [0.15, 0.2) is 9.84 Å². The van der Waals surface area contributed by atoms with E-state index in [9.17, 15) is 8.42 Å². The summed E-state index contributed by atoms with van der Waals surface area (Å²) in [5.74, 6) is 0. The van der Waals surface area contributed by atoms with Crippen molar-refractivity contribution < 1.29 is 8.42 Å². The van der Waals surface area contributed by atoms with E-state index in [-0.39, 0.29) is 5.25 Å². The molecule has 0 saturated heterocycles. The number of aryl methyl sites for hydroxylation is 1. The Morgan fingerprint density at radius 1 is 1.23 bits per heavy atom. The Kier molecular flexibility index (Phi) is 2.76. The number of rotatable bonds is 2. The highest BCUT2D eigenvalue weighted by Gasteiger charge is 2.18. The molecule has 0 heterocycles. The zero-order valence-electron chi connectivity index (χ0n) is 8.11. The van der Waals surface area contributed by atoms with Crippen molar-refractivity contribution in [3.63, 3.8) is 0 Å². The van der Waals surface area contributed by atoms with Gasteiger partial charge in [-0.1, -0.05) is 12.1 Å². The van der Waals surface area contributed by atoms with Crippen molar-refractivity contribution in [2.24, 2.45) is 0 Å². The quantitative estimate of drug-likeness (QED) is 0.730. The minimum Gasteiger partial charge on any atom is -0.223 e. The molecule has 0 aliphatic heterocycles. The Labute approximate surface area is 79.5 Å². The van der Waals surface area contributed by atoms with Gasteiger partial charge in [0.25, 0.3) is 0 Å². The Hall–Kier alpha value is -0.830. The van der Waals surface area contributed by atoms with Gasteiger partial charge < -0.3 is 0 Å². The second-order valence-corrected chi connectivity index (χ2v) is 5.91. The highest BCUT2D eigenvalue weighted by atomic mass is 32.2. The smallest absolute Gasteiger partial charge is 0.180 e. The first kappa shape index (κ1) is 10.3. The van der Waals surface area contributed by atoms with Gasteiger partial charge in [0.05, 0.1) is 10.1 Å². The van der Waals surface area contributed by atoms with Gasteiger partial charge in [-0.25, -0.2) is 8.42 Å². The maximum absolute atomic E-state index is 11.7. The molecular weight excluding hydrogens is 184 g/mol. The van der Waals surface area contributed by atoms with Crippen LogP contribution in [-0.2, 0) is 9.84 Å². The van der Waals surface area contributed by atoms with Crippen LogP contribution in [0.3, 0.4) is 0 Å². The Bertz CT molecular complexity index is 391. The summed E-state index contributed by atoms with van der Waals surface area (Å²) in [5.41, 5.74) is 0.974. The number of benzene rings is 1. The van der Waals surface area contributed by atoms with Crippen molar-refractivity contribution in [1.82, 2.24) is 0 Å². The fraction of sp³-hybridized carbons (Fsp3) is 0.400. The maximum atomic E-state index is 11.7. The lowest BCUT2D eigenvalue weighted by Crippen LogP contribution is -2.13. The normalized spacial score (nSPS) is 12.0. The molecule has 13 heavy (non-hydrogen) atoms. The molecule has 0 saturated carbocycles. The monoisotopic (exact) mass is 198 g/mol. The summed E-state index contributed by atoms with van der Waals surface area (Å²) in [7, 11) is -3.10. The second-order valence-electron chi connectivity index (χ2n) is 3.41. The SMILES string of the molecule is Cc1cccc(S(=O)(=O)C(C)C)c1. The lowest BCUT2D eigenvalue weighted by atomic mass is 10.2. The maximum Gasteiger partial charge on any atom is 0.180 e. The first-order valence-corrected chi connectivity index (χ1v) is 5.80. The van der Waals surface area contributed by atoms with Crippen LogP contribution in [0.4, 0.5) is 0 Å². The van der Waals surface area contributed by atoms with Gasteiger partial charge in [-0.3, -0.25) is 0 Å². The molecule has 72 valence electrons. The van der Waals surface area contributed by atoms with Gasteiger partial charge >= 0.3 is 0 Å². The summed E-state index contributed by atoms with van der Waals surface area (Å²) in [6.45, 7) is 5.27. The van der Waals surface area contributed by atoms with E-state index in [0.717, 1.165) is 5.56 Å². The molecule has 0 radical (unpaired) electrons. The molecule has 3 heteroatoms. The van der Waals surface area contributed by atoms with E-state index < -0.39 is 9.84 Å². The summed E-state index contributed by atoms with van der Waals surface area (Å²) in [6.07, 6.45) is 0. The zero-order valence-corrected chi connectivity index (χ0v) is 8.93. The molecule has 0 unspecified atom stereocenters. The molecule has 0 amide bonds. The van der Waals surface area contributed by atoms with E-state index in [1.165, 1.54) is 0 Å². The standard InChI is InChI=1S/C10H14O2S/c1-8(2)13(11,12)10-6-4-5-9(3)7-10/h4-8H,1-3H3. The largest absolute Gasteiger partial charge is 0.223 e. The number of hydrogen-bond acceptors (Lipinski definition) is 2. The molecule has 0 fully saturated rings. The van der Waals surface area contributed by atoms with Crippen molar-refractivity contribution in [1.29, 1.82) is 0 Å². The molecule has 1 rings (SSSR count). The third kappa shape index (κ3) is 2.10. The fourth-order valence-corrected chi connectivity index (χ4v) is 2.23.